The van der Waals surface area contributed by atoms with Gasteiger partial charge in [-0.05, 0) is 80.8 Å². The predicted octanol–water partition coefficient (Wildman–Crippen LogP) is 4.37. The number of aromatic nitrogens is 1. The zero-order chi connectivity index (χ0) is 12.3. The Hall–Kier alpha value is -0.620. The highest BCUT2D eigenvalue weighted by atomic mass is 127. The monoisotopic (exact) mass is 402 g/mol. The molecule has 1 aromatic heterocycles. The van der Waals surface area contributed by atoms with E-state index < -0.39 is 0 Å². The second-order valence-electron chi connectivity index (χ2n) is 3.82. The minimum absolute atomic E-state index is 0.786. The summed E-state index contributed by atoms with van der Waals surface area (Å²) in [4.78, 5) is 4.14. The Balaban J connectivity index is 2.07. The van der Waals surface area contributed by atoms with Gasteiger partial charge in [0.2, 0.25) is 0 Å². The van der Waals surface area contributed by atoms with Gasteiger partial charge in [0.25, 0.3) is 0 Å². The number of nitrogens with zero attached hydrogens (tertiary/aromatic N) is 1. The number of nitrogens with one attached hydrogen (secondary N) is 1. The first-order valence-electron chi connectivity index (χ1n) is 5.24. The van der Waals surface area contributed by atoms with E-state index in [-0.39, 0.29) is 0 Å². The molecule has 0 radical (unpaired) electrons. The summed E-state index contributed by atoms with van der Waals surface area (Å²) < 4.78 is 2.27. The smallest absolute Gasteiger partial charge is 0.0416 e. The maximum atomic E-state index is 4.14. The van der Waals surface area contributed by atoms with E-state index in [1.54, 1.807) is 6.20 Å². The molecule has 88 valence electrons. The van der Waals surface area contributed by atoms with Crippen LogP contribution in [0.5, 0.6) is 0 Å². The number of hydrogen-bond donors (Lipinski definition) is 1. The molecular formula is C13H12BrIN2. The van der Waals surface area contributed by atoms with Crippen molar-refractivity contribution in [3.63, 3.8) is 0 Å². The SMILES string of the molecule is Cc1cc(I)ccc1NCc1cncc(Br)c1. The van der Waals surface area contributed by atoms with Gasteiger partial charge in [-0.25, -0.2) is 0 Å². The lowest BCUT2D eigenvalue weighted by Crippen LogP contribution is -2.01. The molecule has 4 heteroatoms. The maximum absolute atomic E-state index is 4.14. The van der Waals surface area contributed by atoms with E-state index in [4.69, 9.17) is 0 Å². The van der Waals surface area contributed by atoms with Crippen molar-refractivity contribution in [1.82, 2.24) is 4.98 Å². The summed E-state index contributed by atoms with van der Waals surface area (Å²) in [6, 6.07) is 8.46. The van der Waals surface area contributed by atoms with E-state index >= 15 is 0 Å². The zero-order valence-corrected chi connectivity index (χ0v) is 13.1. The van der Waals surface area contributed by atoms with E-state index in [9.17, 15) is 0 Å². The van der Waals surface area contributed by atoms with Gasteiger partial charge < -0.3 is 5.32 Å². The molecule has 0 saturated heterocycles. The van der Waals surface area contributed by atoms with Crippen molar-refractivity contribution in [2.24, 2.45) is 0 Å². The van der Waals surface area contributed by atoms with Crippen molar-refractivity contribution < 1.29 is 0 Å². The Bertz CT molecular complexity index is 529. The van der Waals surface area contributed by atoms with Crippen LogP contribution < -0.4 is 5.32 Å². The van der Waals surface area contributed by atoms with Crippen molar-refractivity contribution in [2.75, 3.05) is 5.32 Å². The first-order chi connectivity index (χ1) is 8.15. The fraction of sp³-hybridized carbons (Fsp3) is 0.154. The van der Waals surface area contributed by atoms with Crippen LogP contribution in [0.15, 0.2) is 41.1 Å². The fourth-order valence-corrected chi connectivity index (χ4v) is 2.63. The van der Waals surface area contributed by atoms with E-state index in [0.717, 1.165) is 16.6 Å². The van der Waals surface area contributed by atoms with Crippen LogP contribution in [0.3, 0.4) is 0 Å². The van der Waals surface area contributed by atoms with E-state index in [1.165, 1.54) is 14.8 Å². The number of benzene rings is 1. The van der Waals surface area contributed by atoms with Crippen LogP contribution in [0, 0.1) is 10.5 Å². The maximum Gasteiger partial charge on any atom is 0.0416 e. The van der Waals surface area contributed by atoms with Gasteiger partial charge in [0.1, 0.15) is 0 Å². The van der Waals surface area contributed by atoms with Crippen molar-refractivity contribution >= 4 is 44.2 Å². The van der Waals surface area contributed by atoms with Crippen molar-refractivity contribution in [3.05, 3.63) is 55.8 Å². The van der Waals surface area contributed by atoms with Crippen molar-refractivity contribution in [1.29, 1.82) is 0 Å². The molecule has 0 aliphatic carbocycles. The summed E-state index contributed by atoms with van der Waals surface area (Å²) in [5.41, 5.74) is 3.60. The van der Waals surface area contributed by atoms with E-state index in [0.29, 0.717) is 0 Å². The molecule has 0 atom stereocenters. The first-order valence-corrected chi connectivity index (χ1v) is 7.12. The van der Waals surface area contributed by atoms with Gasteiger partial charge in [0.05, 0.1) is 0 Å². The molecule has 1 heterocycles. The van der Waals surface area contributed by atoms with Gasteiger partial charge in [-0.15, -0.1) is 0 Å². The van der Waals surface area contributed by atoms with E-state index in [1.807, 2.05) is 6.20 Å². The van der Waals surface area contributed by atoms with Crippen LogP contribution in [0.2, 0.25) is 0 Å². The Morgan fingerprint density at radius 3 is 2.82 bits per heavy atom. The first kappa shape index (κ1) is 12.8. The third-order valence-corrected chi connectivity index (χ3v) is 3.54. The highest BCUT2D eigenvalue weighted by Gasteiger charge is 1.99. The second-order valence-corrected chi connectivity index (χ2v) is 5.99. The molecule has 2 nitrogen and oxygen atoms in total. The largest absolute Gasteiger partial charge is 0.381 e. The lowest BCUT2D eigenvalue weighted by molar-refractivity contribution is 1.10. The number of aryl methyl sites for hydroxylation is 1. The number of hydrogen-bond acceptors (Lipinski definition) is 2. The average Bonchev–Trinajstić information content (AvgIpc) is 2.28. The standard InChI is InChI=1S/C13H12BrIN2/c1-9-4-12(15)2-3-13(9)17-7-10-5-11(14)8-16-6-10/h2-6,8,17H,7H2,1H3. The van der Waals surface area contributed by atoms with Crippen molar-refractivity contribution in [3.8, 4) is 0 Å². The third-order valence-electron chi connectivity index (χ3n) is 2.43. The molecule has 0 amide bonds. The Labute approximate surface area is 123 Å². The summed E-state index contributed by atoms with van der Waals surface area (Å²) in [6.45, 7) is 2.90. The predicted molar refractivity (Wildman–Crippen MR) is 83.2 cm³/mol. The normalized spacial score (nSPS) is 10.3. The second kappa shape index (κ2) is 5.82. The molecular weight excluding hydrogens is 391 g/mol. The summed E-state index contributed by atoms with van der Waals surface area (Å²) in [5.74, 6) is 0. The number of anilines is 1. The quantitative estimate of drug-likeness (QED) is 0.771. The molecule has 1 aromatic carbocycles. The lowest BCUT2D eigenvalue weighted by Gasteiger charge is -2.09. The van der Waals surface area contributed by atoms with Crippen LogP contribution >= 0.6 is 38.5 Å². The van der Waals surface area contributed by atoms with Crippen LogP contribution in [-0.4, -0.2) is 4.98 Å². The third kappa shape index (κ3) is 3.67. The van der Waals surface area contributed by atoms with Crippen LogP contribution in [0.1, 0.15) is 11.1 Å². The highest BCUT2D eigenvalue weighted by Crippen LogP contribution is 2.19. The molecule has 1 N–H and O–H groups in total. The van der Waals surface area contributed by atoms with Gasteiger partial charge in [0.15, 0.2) is 0 Å². The summed E-state index contributed by atoms with van der Waals surface area (Å²) in [5, 5.41) is 3.42. The Morgan fingerprint density at radius 2 is 2.12 bits per heavy atom. The van der Waals surface area contributed by atoms with Gasteiger partial charge in [-0.1, -0.05) is 0 Å². The zero-order valence-electron chi connectivity index (χ0n) is 9.37. The van der Waals surface area contributed by atoms with Gasteiger partial charge in [-0.2, -0.15) is 0 Å². The highest BCUT2D eigenvalue weighted by molar-refractivity contribution is 14.1. The minimum atomic E-state index is 0.786. The summed E-state index contributed by atoms with van der Waals surface area (Å²) >= 11 is 5.74. The topological polar surface area (TPSA) is 24.9 Å². The average molecular weight is 403 g/mol. The summed E-state index contributed by atoms with van der Waals surface area (Å²) in [7, 11) is 0. The van der Waals surface area contributed by atoms with Crippen LogP contribution in [0.4, 0.5) is 5.69 Å². The Morgan fingerprint density at radius 1 is 1.29 bits per heavy atom. The molecule has 0 aliphatic rings. The molecule has 17 heavy (non-hydrogen) atoms. The molecule has 0 spiro atoms. The molecule has 0 unspecified atom stereocenters. The molecule has 0 saturated carbocycles. The fourth-order valence-electron chi connectivity index (χ4n) is 1.58. The van der Waals surface area contributed by atoms with Crippen molar-refractivity contribution in [2.45, 2.75) is 13.5 Å². The van der Waals surface area contributed by atoms with Crippen LogP contribution in [-0.2, 0) is 6.54 Å². The number of rotatable bonds is 3. The molecule has 0 fully saturated rings. The minimum Gasteiger partial charge on any atom is -0.381 e. The molecule has 0 bridgehead atoms. The lowest BCUT2D eigenvalue weighted by atomic mass is 10.2. The number of halogens is 2. The van der Waals surface area contributed by atoms with Crippen LogP contribution in [0.25, 0.3) is 0 Å². The van der Waals surface area contributed by atoms with Gasteiger partial charge >= 0.3 is 0 Å². The molecule has 0 aliphatic heterocycles. The number of pyridine rings is 1. The summed E-state index contributed by atoms with van der Waals surface area (Å²) in [6.07, 6.45) is 3.67. The van der Waals surface area contributed by atoms with Gasteiger partial charge in [0, 0.05) is 32.7 Å². The van der Waals surface area contributed by atoms with E-state index in [2.05, 4.69) is 80.0 Å². The molecule has 2 rings (SSSR count). The Kier molecular flexibility index (Phi) is 4.39. The van der Waals surface area contributed by atoms with Gasteiger partial charge in [-0.3, -0.25) is 4.98 Å². The molecule has 2 aromatic rings.